The lowest BCUT2D eigenvalue weighted by Crippen LogP contribution is -2.30. The van der Waals surface area contributed by atoms with Crippen molar-refractivity contribution in [3.8, 4) is 0 Å². The number of para-hydroxylation sites is 3. The summed E-state index contributed by atoms with van der Waals surface area (Å²) < 4.78 is 0. The smallest absolute Gasteiger partial charge is 0.0949 e. The van der Waals surface area contributed by atoms with Crippen molar-refractivity contribution < 1.29 is 0 Å². The average molecular weight is 315 g/mol. The van der Waals surface area contributed by atoms with Crippen LogP contribution in [0.15, 0.2) is 71.4 Å². The lowest BCUT2D eigenvalue weighted by atomic mass is 9.93. The zero-order valence-corrected chi connectivity index (χ0v) is 13.9. The monoisotopic (exact) mass is 315 g/mol. The summed E-state index contributed by atoms with van der Waals surface area (Å²) in [5.74, 6) is 0. The molecule has 0 amide bonds. The first kappa shape index (κ1) is 14.8. The van der Waals surface area contributed by atoms with Crippen molar-refractivity contribution in [1.29, 1.82) is 0 Å². The van der Waals surface area contributed by atoms with Gasteiger partial charge < -0.3 is 9.80 Å². The fraction of sp³-hybridized carbons (Fsp3) is 0.190. The molecule has 0 spiro atoms. The van der Waals surface area contributed by atoms with Crippen LogP contribution >= 0.6 is 0 Å². The molecule has 0 fully saturated rings. The lowest BCUT2D eigenvalue weighted by Gasteiger charge is -2.30. The van der Waals surface area contributed by atoms with Gasteiger partial charge in [-0.25, -0.2) is 0 Å². The molecule has 2 aliphatic rings. The fourth-order valence-electron chi connectivity index (χ4n) is 3.64. The third kappa shape index (κ3) is 2.33. The Morgan fingerprint density at radius 1 is 1.00 bits per heavy atom. The van der Waals surface area contributed by atoms with Gasteiger partial charge in [-0.15, -0.1) is 0 Å². The first-order valence-corrected chi connectivity index (χ1v) is 8.33. The Morgan fingerprint density at radius 3 is 2.58 bits per heavy atom. The van der Waals surface area contributed by atoms with E-state index in [9.17, 15) is 0 Å². The van der Waals surface area contributed by atoms with E-state index in [1.807, 2.05) is 12.1 Å². The highest BCUT2D eigenvalue weighted by Gasteiger charge is 2.26. The topological polar surface area (TPSA) is 18.8 Å². The number of rotatable bonds is 2. The van der Waals surface area contributed by atoms with Crippen LogP contribution < -0.4 is 4.90 Å². The molecule has 4 rings (SSSR count). The van der Waals surface area contributed by atoms with Crippen LogP contribution in [0.1, 0.15) is 18.4 Å². The maximum absolute atomic E-state index is 4.23. The van der Waals surface area contributed by atoms with Crippen LogP contribution in [0.4, 0.5) is 17.1 Å². The van der Waals surface area contributed by atoms with Crippen molar-refractivity contribution in [2.24, 2.45) is 4.99 Å². The zero-order valence-electron chi connectivity index (χ0n) is 13.9. The van der Waals surface area contributed by atoms with Gasteiger partial charge in [0.15, 0.2) is 0 Å². The van der Waals surface area contributed by atoms with Crippen LogP contribution in [0.2, 0.25) is 0 Å². The van der Waals surface area contributed by atoms with Gasteiger partial charge in [0.1, 0.15) is 0 Å². The SMILES string of the molecule is C=Nc1ccccc1N1CN(C)C2=C(CCC=C2)c2ccccc21. The van der Waals surface area contributed by atoms with Gasteiger partial charge >= 0.3 is 0 Å². The van der Waals surface area contributed by atoms with Gasteiger partial charge in [0.2, 0.25) is 0 Å². The van der Waals surface area contributed by atoms with E-state index < -0.39 is 0 Å². The average Bonchev–Trinajstić information content (AvgIpc) is 2.77. The van der Waals surface area contributed by atoms with E-state index in [2.05, 4.69) is 77.1 Å². The van der Waals surface area contributed by atoms with Gasteiger partial charge in [0.25, 0.3) is 0 Å². The number of anilines is 2. The Morgan fingerprint density at radius 2 is 1.75 bits per heavy atom. The molecule has 3 nitrogen and oxygen atoms in total. The molecule has 3 heteroatoms. The van der Waals surface area contributed by atoms with Crippen molar-refractivity contribution in [2.45, 2.75) is 12.8 Å². The van der Waals surface area contributed by atoms with Crippen molar-refractivity contribution in [3.05, 3.63) is 71.9 Å². The molecule has 2 aromatic rings. The van der Waals surface area contributed by atoms with E-state index in [-0.39, 0.29) is 0 Å². The number of likely N-dealkylation sites (N-methyl/N-ethyl adjacent to an activating group) is 1. The minimum atomic E-state index is 0.784. The Bertz CT molecular complexity index is 848. The number of hydrogen-bond acceptors (Lipinski definition) is 3. The molecule has 0 bridgehead atoms. The Hall–Kier alpha value is -2.81. The summed E-state index contributed by atoms with van der Waals surface area (Å²) in [6.07, 6.45) is 6.72. The summed E-state index contributed by atoms with van der Waals surface area (Å²) in [6, 6.07) is 16.9. The third-order valence-electron chi connectivity index (χ3n) is 4.77. The summed E-state index contributed by atoms with van der Waals surface area (Å²) >= 11 is 0. The number of aliphatic imine (C=N–C) groups is 1. The normalized spacial score (nSPS) is 16.5. The number of allylic oxidation sites excluding steroid dienone is 3. The van der Waals surface area contributed by atoms with Crippen LogP contribution in [0, 0.1) is 0 Å². The molecule has 0 aromatic heterocycles. The van der Waals surface area contributed by atoms with Crippen LogP contribution in [0.25, 0.3) is 5.57 Å². The molecule has 0 unspecified atom stereocenters. The predicted molar refractivity (Wildman–Crippen MR) is 102 cm³/mol. The minimum Gasteiger partial charge on any atom is -0.356 e. The van der Waals surface area contributed by atoms with E-state index in [1.165, 1.54) is 22.5 Å². The van der Waals surface area contributed by atoms with Crippen molar-refractivity contribution in [1.82, 2.24) is 4.90 Å². The first-order valence-electron chi connectivity index (χ1n) is 8.33. The van der Waals surface area contributed by atoms with Crippen LogP contribution in [0.5, 0.6) is 0 Å². The molecule has 2 aromatic carbocycles. The summed E-state index contributed by atoms with van der Waals surface area (Å²) in [7, 11) is 2.16. The molecule has 0 saturated heterocycles. The van der Waals surface area contributed by atoms with E-state index >= 15 is 0 Å². The second-order valence-corrected chi connectivity index (χ2v) is 6.24. The molecule has 0 saturated carbocycles. The maximum atomic E-state index is 4.23. The Balaban J connectivity index is 1.93. The summed E-state index contributed by atoms with van der Waals surface area (Å²) in [4.78, 5) is 8.89. The highest BCUT2D eigenvalue weighted by molar-refractivity contribution is 5.86. The highest BCUT2D eigenvalue weighted by atomic mass is 15.3. The molecular formula is C21H21N3. The van der Waals surface area contributed by atoms with E-state index in [0.717, 1.165) is 30.9 Å². The molecule has 0 N–H and O–H groups in total. The van der Waals surface area contributed by atoms with Gasteiger partial charge in [0.05, 0.1) is 23.7 Å². The van der Waals surface area contributed by atoms with Crippen LogP contribution in [0.3, 0.4) is 0 Å². The van der Waals surface area contributed by atoms with Crippen LogP contribution in [-0.4, -0.2) is 25.3 Å². The standard InChI is InChI=1S/C21H21N3/c1-22-18-11-5-8-14-21(18)24-15-23(2)19-12-6-3-9-16(19)17-10-4-7-13-20(17)24/h4-8,10-14H,1,3,9,15H2,2H3. The van der Waals surface area contributed by atoms with E-state index in [1.54, 1.807) is 0 Å². The van der Waals surface area contributed by atoms with Crippen molar-refractivity contribution in [2.75, 3.05) is 18.6 Å². The predicted octanol–water partition coefficient (Wildman–Crippen LogP) is 5.12. The highest BCUT2D eigenvalue weighted by Crippen LogP contribution is 2.43. The summed E-state index contributed by atoms with van der Waals surface area (Å²) in [5.41, 5.74) is 7.31. The summed E-state index contributed by atoms with van der Waals surface area (Å²) in [6.45, 7) is 4.53. The molecule has 120 valence electrons. The molecule has 1 heterocycles. The van der Waals surface area contributed by atoms with Crippen molar-refractivity contribution >= 4 is 29.4 Å². The largest absolute Gasteiger partial charge is 0.356 e. The van der Waals surface area contributed by atoms with Gasteiger partial charge in [-0.05, 0) is 49.4 Å². The number of hydrogen-bond donors (Lipinski definition) is 0. The fourth-order valence-corrected chi connectivity index (χ4v) is 3.64. The number of nitrogens with zero attached hydrogens (tertiary/aromatic N) is 3. The number of benzene rings is 2. The zero-order chi connectivity index (χ0) is 16.5. The van der Waals surface area contributed by atoms with Crippen LogP contribution in [-0.2, 0) is 0 Å². The van der Waals surface area contributed by atoms with E-state index in [4.69, 9.17) is 0 Å². The summed E-state index contributed by atoms with van der Waals surface area (Å²) in [5, 5.41) is 0. The van der Waals surface area contributed by atoms with Gasteiger partial charge in [0, 0.05) is 18.3 Å². The molecule has 1 aliphatic heterocycles. The molecule has 24 heavy (non-hydrogen) atoms. The third-order valence-corrected chi connectivity index (χ3v) is 4.77. The van der Waals surface area contributed by atoms with Gasteiger partial charge in [-0.3, -0.25) is 4.99 Å². The molecule has 0 atom stereocenters. The van der Waals surface area contributed by atoms with Gasteiger partial charge in [-0.1, -0.05) is 36.4 Å². The van der Waals surface area contributed by atoms with Crippen molar-refractivity contribution in [3.63, 3.8) is 0 Å². The second kappa shape index (κ2) is 6.00. The minimum absolute atomic E-state index is 0.784. The lowest BCUT2D eigenvalue weighted by molar-refractivity contribution is 0.442. The van der Waals surface area contributed by atoms with Gasteiger partial charge in [-0.2, -0.15) is 0 Å². The quantitative estimate of drug-likeness (QED) is 0.716. The molecule has 1 aliphatic carbocycles. The first-order chi connectivity index (χ1) is 11.8. The number of fused-ring (bicyclic) bond motifs is 2. The molecular weight excluding hydrogens is 294 g/mol. The maximum Gasteiger partial charge on any atom is 0.0949 e. The Labute approximate surface area is 143 Å². The molecule has 0 radical (unpaired) electrons. The Kier molecular flexibility index (Phi) is 3.69. The second-order valence-electron chi connectivity index (χ2n) is 6.24. The van der Waals surface area contributed by atoms with E-state index in [0.29, 0.717) is 0 Å².